The van der Waals surface area contributed by atoms with Crippen LogP contribution in [-0.2, 0) is 9.53 Å². The fourth-order valence-corrected chi connectivity index (χ4v) is 11.4. The molecule has 0 radical (unpaired) electrons. The van der Waals surface area contributed by atoms with Crippen LogP contribution in [0.3, 0.4) is 0 Å². The first-order valence-corrected chi connectivity index (χ1v) is 15.8. The van der Waals surface area contributed by atoms with E-state index in [1.54, 1.807) is 0 Å². The number of hydrogen-bond donors (Lipinski definition) is 1. The first kappa shape index (κ1) is 24.8. The molecule has 35 heavy (non-hydrogen) atoms. The average Bonchev–Trinajstić information content (AvgIpc) is 3.57. The molecule has 2 heterocycles. The third-order valence-electron chi connectivity index (χ3n) is 11.9. The summed E-state index contributed by atoms with van der Waals surface area (Å²) in [6.07, 6.45) is 16.5. The molecule has 5 fully saturated rings. The Hall–Kier alpha value is -0.520. The normalized spacial score (nSPS) is 46.5. The number of carbonyl (C=O) groups is 1. The van der Waals surface area contributed by atoms with Gasteiger partial charge < -0.3 is 14.7 Å². The standard InChI is InChI=1S/C30H47NO3S/c1-29-11-9-23(35-19-22(32)17-31-13-3-4-14-31)16-21(29)5-6-24-26-8-7-25(20-15-28(33)34-18-20)30(26,2)12-10-27(24)29/h15,21-27,32H,3-14,16-19H2,1-2H3/t21-,22?,23-,24-,25+,26-,27-,29-,30+/m0/s1. The third-order valence-corrected chi connectivity index (χ3v) is 13.4. The van der Waals surface area contributed by atoms with Gasteiger partial charge in [-0.25, -0.2) is 4.79 Å². The van der Waals surface area contributed by atoms with Crippen LogP contribution < -0.4 is 0 Å². The molecule has 0 aromatic heterocycles. The van der Waals surface area contributed by atoms with Gasteiger partial charge in [0.2, 0.25) is 0 Å². The summed E-state index contributed by atoms with van der Waals surface area (Å²) < 4.78 is 5.32. The van der Waals surface area contributed by atoms with Gasteiger partial charge >= 0.3 is 5.97 Å². The largest absolute Gasteiger partial charge is 0.458 e. The van der Waals surface area contributed by atoms with Gasteiger partial charge in [-0.3, -0.25) is 0 Å². The maximum Gasteiger partial charge on any atom is 0.331 e. The second-order valence-corrected chi connectivity index (χ2v) is 14.9. The highest BCUT2D eigenvalue weighted by Gasteiger charge is 2.60. The van der Waals surface area contributed by atoms with Gasteiger partial charge in [0.1, 0.15) is 6.61 Å². The minimum Gasteiger partial charge on any atom is -0.458 e. The van der Waals surface area contributed by atoms with Crippen LogP contribution in [0.1, 0.15) is 84.5 Å². The SMILES string of the molecule is C[C@]12CC[C@H](SCC(O)CN3CCCC3)C[C@@H]1CC[C@@H]1[C@@H]2CC[C@]2(C)[C@@H](C3=CC(=O)OC3)CC[C@@H]12. The Balaban J connectivity index is 1.07. The minimum atomic E-state index is -0.163. The number of hydrogen-bond acceptors (Lipinski definition) is 5. The molecule has 196 valence electrons. The lowest BCUT2D eigenvalue weighted by Crippen LogP contribution is -2.53. The summed E-state index contributed by atoms with van der Waals surface area (Å²) in [6.45, 7) is 9.01. The summed E-state index contributed by atoms with van der Waals surface area (Å²) in [6, 6.07) is 0. The van der Waals surface area contributed by atoms with Crippen LogP contribution in [0.25, 0.3) is 0 Å². The van der Waals surface area contributed by atoms with Crippen LogP contribution in [-0.4, -0.2) is 59.3 Å². The Labute approximate surface area is 217 Å². The lowest BCUT2D eigenvalue weighted by Gasteiger charge is -2.61. The number of esters is 1. The highest BCUT2D eigenvalue weighted by Crippen LogP contribution is 2.68. The summed E-state index contributed by atoms with van der Waals surface area (Å²) in [5.74, 6) is 4.83. The van der Waals surface area contributed by atoms with Gasteiger partial charge in [0.25, 0.3) is 0 Å². The van der Waals surface area contributed by atoms with Crippen molar-refractivity contribution in [2.75, 3.05) is 32.0 Å². The van der Waals surface area contributed by atoms with E-state index in [9.17, 15) is 9.90 Å². The molecule has 4 aliphatic carbocycles. The Kier molecular flexibility index (Phi) is 6.84. The number of nitrogens with zero attached hydrogens (tertiary/aromatic N) is 1. The monoisotopic (exact) mass is 501 g/mol. The molecule has 5 heteroatoms. The number of ether oxygens (including phenoxy) is 1. The number of likely N-dealkylation sites (tertiary alicyclic amines) is 1. The zero-order valence-electron chi connectivity index (χ0n) is 22.1. The van der Waals surface area contributed by atoms with Crippen molar-refractivity contribution >= 4 is 17.7 Å². The Bertz CT molecular complexity index is 839. The number of aliphatic hydroxyl groups is 1. The van der Waals surface area contributed by atoms with Gasteiger partial charge in [-0.2, -0.15) is 11.8 Å². The van der Waals surface area contributed by atoms with E-state index >= 15 is 0 Å². The fraction of sp³-hybridized carbons (Fsp3) is 0.900. The van der Waals surface area contributed by atoms with Crippen LogP contribution in [0.2, 0.25) is 0 Å². The van der Waals surface area contributed by atoms with Gasteiger partial charge in [0.15, 0.2) is 0 Å². The number of cyclic esters (lactones) is 1. The topological polar surface area (TPSA) is 49.8 Å². The van der Waals surface area contributed by atoms with E-state index in [1.807, 2.05) is 6.08 Å². The molecule has 2 aliphatic heterocycles. The zero-order valence-corrected chi connectivity index (χ0v) is 22.9. The molecule has 6 aliphatic rings. The van der Waals surface area contributed by atoms with E-state index in [0.29, 0.717) is 23.4 Å². The summed E-state index contributed by atoms with van der Waals surface area (Å²) in [7, 11) is 0. The van der Waals surface area contributed by atoms with Crippen LogP contribution >= 0.6 is 11.8 Å². The van der Waals surface area contributed by atoms with Crippen molar-refractivity contribution in [2.24, 2.45) is 40.4 Å². The van der Waals surface area contributed by atoms with Gasteiger partial charge in [-0.1, -0.05) is 13.8 Å². The molecule has 1 unspecified atom stereocenters. The molecule has 0 amide bonds. The lowest BCUT2D eigenvalue weighted by molar-refractivity contribution is -0.135. The fourth-order valence-electron chi connectivity index (χ4n) is 10.1. The quantitative estimate of drug-likeness (QED) is 0.474. The lowest BCUT2D eigenvalue weighted by atomic mass is 9.44. The molecule has 1 saturated heterocycles. The van der Waals surface area contributed by atoms with Crippen molar-refractivity contribution < 1.29 is 14.6 Å². The number of thioether (sulfide) groups is 1. The molecule has 0 bridgehead atoms. The van der Waals surface area contributed by atoms with Crippen LogP contribution in [0.5, 0.6) is 0 Å². The van der Waals surface area contributed by atoms with Gasteiger partial charge in [0.05, 0.1) is 6.10 Å². The van der Waals surface area contributed by atoms with E-state index in [4.69, 9.17) is 4.74 Å². The van der Waals surface area contributed by atoms with E-state index in [2.05, 4.69) is 30.5 Å². The Morgan fingerprint density at radius 3 is 2.60 bits per heavy atom. The smallest absolute Gasteiger partial charge is 0.331 e. The molecule has 4 nitrogen and oxygen atoms in total. The van der Waals surface area contributed by atoms with Gasteiger partial charge in [-0.15, -0.1) is 0 Å². The number of β-amino-alcohol motifs (C(OH)–C–C–N with tert-alkyl or cyclic N) is 1. The van der Waals surface area contributed by atoms with Crippen molar-refractivity contribution in [3.63, 3.8) is 0 Å². The van der Waals surface area contributed by atoms with E-state index in [1.165, 1.54) is 89.3 Å². The number of rotatable bonds is 6. The van der Waals surface area contributed by atoms with E-state index in [0.717, 1.165) is 41.2 Å². The van der Waals surface area contributed by atoms with E-state index in [-0.39, 0.29) is 12.1 Å². The zero-order chi connectivity index (χ0) is 24.2. The second-order valence-electron chi connectivity index (χ2n) is 13.5. The first-order chi connectivity index (χ1) is 16.9. The van der Waals surface area contributed by atoms with Crippen LogP contribution in [0, 0.1) is 40.4 Å². The summed E-state index contributed by atoms with van der Waals surface area (Å²) in [5, 5.41) is 11.4. The van der Waals surface area contributed by atoms with Gasteiger partial charge in [0, 0.05) is 23.6 Å². The third kappa shape index (κ3) is 4.44. The molecule has 9 atom stereocenters. The van der Waals surface area contributed by atoms with Crippen molar-refractivity contribution in [1.29, 1.82) is 0 Å². The Morgan fingerprint density at radius 1 is 1.06 bits per heavy atom. The van der Waals surface area contributed by atoms with Crippen molar-refractivity contribution in [1.82, 2.24) is 4.90 Å². The maximum absolute atomic E-state index is 11.8. The van der Waals surface area contributed by atoms with Crippen LogP contribution in [0.4, 0.5) is 0 Å². The number of fused-ring (bicyclic) bond motifs is 5. The Morgan fingerprint density at radius 2 is 1.83 bits per heavy atom. The molecule has 1 N–H and O–H groups in total. The van der Waals surface area contributed by atoms with Crippen molar-refractivity contribution in [3.8, 4) is 0 Å². The average molecular weight is 502 g/mol. The number of carbonyl (C=O) groups excluding carboxylic acids is 1. The second kappa shape index (κ2) is 9.66. The minimum absolute atomic E-state index is 0.119. The predicted octanol–water partition coefficient (Wildman–Crippen LogP) is 5.69. The predicted molar refractivity (Wildman–Crippen MR) is 142 cm³/mol. The highest BCUT2D eigenvalue weighted by molar-refractivity contribution is 7.99. The molecule has 6 rings (SSSR count). The number of aliphatic hydroxyl groups excluding tert-OH is 1. The van der Waals surface area contributed by atoms with Crippen LogP contribution in [0.15, 0.2) is 11.6 Å². The molecule has 0 aromatic carbocycles. The van der Waals surface area contributed by atoms with E-state index < -0.39 is 0 Å². The summed E-state index contributed by atoms with van der Waals surface area (Å²) in [5.41, 5.74) is 2.17. The van der Waals surface area contributed by atoms with Gasteiger partial charge in [-0.05, 0) is 130 Å². The summed E-state index contributed by atoms with van der Waals surface area (Å²) in [4.78, 5) is 14.2. The molecular weight excluding hydrogens is 454 g/mol. The molecular formula is C30H47NO3S. The molecule has 0 aromatic rings. The molecule has 4 saturated carbocycles. The first-order valence-electron chi connectivity index (χ1n) is 14.8. The van der Waals surface area contributed by atoms with Crippen molar-refractivity contribution in [2.45, 2.75) is 95.8 Å². The molecule has 0 spiro atoms. The summed E-state index contributed by atoms with van der Waals surface area (Å²) >= 11 is 2.08. The maximum atomic E-state index is 11.8. The highest BCUT2D eigenvalue weighted by atomic mass is 32.2. The van der Waals surface area contributed by atoms with Crippen molar-refractivity contribution in [3.05, 3.63) is 11.6 Å².